The Morgan fingerprint density at radius 1 is 1.24 bits per heavy atom. The number of rotatable bonds is 6. The van der Waals surface area contributed by atoms with Crippen LogP contribution in [0.2, 0.25) is 5.02 Å². The van der Waals surface area contributed by atoms with E-state index in [0.29, 0.717) is 26.7 Å². The number of aryl methyl sites for hydroxylation is 1. The summed E-state index contributed by atoms with van der Waals surface area (Å²) >= 11 is 9.43. The van der Waals surface area contributed by atoms with Gasteiger partial charge in [0.2, 0.25) is 0 Å². The van der Waals surface area contributed by atoms with Crippen molar-refractivity contribution in [1.29, 1.82) is 0 Å². The lowest BCUT2D eigenvalue weighted by Crippen LogP contribution is -2.21. The van der Waals surface area contributed by atoms with Crippen LogP contribution in [-0.4, -0.2) is 20.6 Å². The van der Waals surface area contributed by atoms with Crippen LogP contribution in [0.15, 0.2) is 47.2 Å². The maximum atomic E-state index is 13.7. The molecule has 0 fully saturated rings. The second-order valence-corrected chi connectivity index (χ2v) is 8.12. The molecule has 3 aromatic rings. The zero-order chi connectivity index (χ0) is 21.3. The zero-order valence-electron chi connectivity index (χ0n) is 16.1. The van der Waals surface area contributed by atoms with Crippen LogP contribution in [0.1, 0.15) is 53.2 Å². The average Bonchev–Trinajstić information content (AvgIpc) is 3.01. The first kappa shape index (κ1) is 21.3. The highest BCUT2D eigenvalue weighted by Gasteiger charge is 2.30. The highest BCUT2D eigenvalue weighted by atomic mass is 79.9. The van der Waals surface area contributed by atoms with Crippen LogP contribution in [0.5, 0.6) is 0 Å². The molecule has 1 heterocycles. The van der Waals surface area contributed by atoms with Gasteiger partial charge in [-0.05, 0) is 78.2 Å². The fourth-order valence-electron chi connectivity index (χ4n) is 3.21. The molecule has 0 aliphatic rings. The Morgan fingerprint density at radius 3 is 2.45 bits per heavy atom. The number of nitrogens with zero attached hydrogens (tertiary/aromatic N) is 2. The monoisotopic (exact) mass is 479 g/mol. The van der Waals surface area contributed by atoms with Crippen LogP contribution in [-0.2, 0) is 0 Å². The van der Waals surface area contributed by atoms with E-state index in [-0.39, 0.29) is 17.6 Å². The standard InChI is InChI=1S/C21H20BrClFN3O2/c1-11(2)27-19(18(20(28)29)26-21(27)22)17(13-4-6-14(23)7-5-13)25-15-8-9-16(24)12(3)10-15/h4-11,17,25H,1-3H3,(H,28,29). The number of imidazole rings is 1. The largest absolute Gasteiger partial charge is 0.476 e. The van der Waals surface area contributed by atoms with E-state index in [4.69, 9.17) is 11.6 Å². The minimum atomic E-state index is -1.13. The van der Waals surface area contributed by atoms with Crippen molar-refractivity contribution >= 4 is 39.2 Å². The molecule has 0 amide bonds. The Bertz CT molecular complexity index is 1050. The number of carbonyl (C=O) groups is 1. The maximum absolute atomic E-state index is 13.7. The van der Waals surface area contributed by atoms with Gasteiger partial charge < -0.3 is 15.0 Å². The number of aromatic carboxylic acids is 1. The molecular weight excluding hydrogens is 461 g/mol. The molecule has 152 valence electrons. The molecule has 1 aromatic heterocycles. The molecule has 3 rings (SSSR count). The van der Waals surface area contributed by atoms with E-state index in [1.807, 2.05) is 30.5 Å². The van der Waals surface area contributed by atoms with Gasteiger partial charge >= 0.3 is 5.97 Å². The number of halogens is 3. The van der Waals surface area contributed by atoms with Crippen LogP contribution in [0.4, 0.5) is 10.1 Å². The molecule has 0 bridgehead atoms. The molecule has 0 aliphatic carbocycles. The van der Waals surface area contributed by atoms with Gasteiger partial charge in [-0.2, -0.15) is 0 Å². The Kier molecular flexibility index (Phi) is 6.29. The van der Waals surface area contributed by atoms with Crippen molar-refractivity contribution < 1.29 is 14.3 Å². The molecule has 0 saturated heterocycles. The van der Waals surface area contributed by atoms with Crippen molar-refractivity contribution in [3.8, 4) is 0 Å². The van der Waals surface area contributed by atoms with Gasteiger partial charge in [0.15, 0.2) is 10.4 Å². The molecule has 0 saturated carbocycles. The van der Waals surface area contributed by atoms with Crippen molar-refractivity contribution in [2.24, 2.45) is 0 Å². The van der Waals surface area contributed by atoms with Gasteiger partial charge in [0.05, 0.1) is 11.7 Å². The molecule has 0 aliphatic heterocycles. The molecule has 29 heavy (non-hydrogen) atoms. The number of hydrogen-bond donors (Lipinski definition) is 2. The molecule has 0 radical (unpaired) electrons. The third-order valence-electron chi connectivity index (χ3n) is 4.57. The Hall–Kier alpha value is -2.38. The number of carboxylic acids is 1. The summed E-state index contributed by atoms with van der Waals surface area (Å²) < 4.78 is 16.0. The minimum Gasteiger partial charge on any atom is -0.476 e. The molecule has 8 heteroatoms. The second-order valence-electron chi connectivity index (χ2n) is 6.98. The lowest BCUT2D eigenvalue weighted by Gasteiger charge is -2.25. The molecule has 1 atom stereocenters. The third kappa shape index (κ3) is 4.46. The summed E-state index contributed by atoms with van der Waals surface area (Å²) in [5.41, 5.74) is 2.38. The van der Waals surface area contributed by atoms with Crippen molar-refractivity contribution in [3.63, 3.8) is 0 Å². The van der Waals surface area contributed by atoms with Crippen molar-refractivity contribution in [3.05, 3.63) is 80.6 Å². The van der Waals surface area contributed by atoms with E-state index >= 15 is 0 Å². The van der Waals surface area contributed by atoms with Gasteiger partial charge in [-0.15, -0.1) is 0 Å². The molecule has 2 N–H and O–H groups in total. The Morgan fingerprint density at radius 2 is 1.90 bits per heavy atom. The first-order valence-electron chi connectivity index (χ1n) is 8.98. The molecule has 2 aromatic carbocycles. The molecule has 0 spiro atoms. The number of nitrogens with one attached hydrogen (secondary N) is 1. The summed E-state index contributed by atoms with van der Waals surface area (Å²) in [4.78, 5) is 16.2. The fraction of sp³-hybridized carbons (Fsp3) is 0.238. The van der Waals surface area contributed by atoms with E-state index < -0.39 is 12.0 Å². The highest BCUT2D eigenvalue weighted by Crippen LogP contribution is 2.34. The van der Waals surface area contributed by atoms with Gasteiger partial charge in [0.25, 0.3) is 0 Å². The molecular formula is C21H20BrClFN3O2. The normalized spacial score (nSPS) is 12.2. The topological polar surface area (TPSA) is 67.2 Å². The van der Waals surface area contributed by atoms with Gasteiger partial charge in [-0.1, -0.05) is 23.7 Å². The number of benzene rings is 2. The summed E-state index contributed by atoms with van der Waals surface area (Å²) in [5, 5.41) is 13.7. The number of hydrogen-bond acceptors (Lipinski definition) is 3. The highest BCUT2D eigenvalue weighted by molar-refractivity contribution is 9.10. The third-order valence-corrected chi connectivity index (χ3v) is 5.38. The summed E-state index contributed by atoms with van der Waals surface area (Å²) in [6.07, 6.45) is 0. The second kappa shape index (κ2) is 8.55. The first-order chi connectivity index (χ1) is 13.7. The van der Waals surface area contributed by atoms with E-state index in [0.717, 1.165) is 5.56 Å². The van der Waals surface area contributed by atoms with Gasteiger partial charge in [0.1, 0.15) is 5.82 Å². The molecule has 5 nitrogen and oxygen atoms in total. The predicted octanol–water partition coefficient (Wildman–Crippen LogP) is 6.23. The summed E-state index contributed by atoms with van der Waals surface area (Å²) in [6, 6.07) is 11.2. The van der Waals surface area contributed by atoms with E-state index in [1.54, 1.807) is 31.2 Å². The summed E-state index contributed by atoms with van der Waals surface area (Å²) in [6.45, 7) is 5.57. The Labute approximate surface area is 181 Å². The van der Waals surface area contributed by atoms with Gasteiger partial charge in [-0.25, -0.2) is 14.2 Å². The van der Waals surface area contributed by atoms with Crippen LogP contribution in [0, 0.1) is 12.7 Å². The van der Waals surface area contributed by atoms with Gasteiger partial charge in [0, 0.05) is 16.8 Å². The van der Waals surface area contributed by atoms with Crippen LogP contribution in [0.25, 0.3) is 0 Å². The van der Waals surface area contributed by atoms with Crippen molar-refractivity contribution in [2.75, 3.05) is 5.32 Å². The van der Waals surface area contributed by atoms with Crippen molar-refractivity contribution in [1.82, 2.24) is 9.55 Å². The lowest BCUT2D eigenvalue weighted by molar-refractivity contribution is 0.0689. The zero-order valence-corrected chi connectivity index (χ0v) is 18.4. The summed E-state index contributed by atoms with van der Waals surface area (Å²) in [7, 11) is 0. The summed E-state index contributed by atoms with van der Waals surface area (Å²) in [5.74, 6) is -1.43. The van der Waals surface area contributed by atoms with Crippen LogP contribution >= 0.6 is 27.5 Å². The first-order valence-corrected chi connectivity index (χ1v) is 10.1. The van der Waals surface area contributed by atoms with Crippen molar-refractivity contribution in [2.45, 2.75) is 32.9 Å². The van der Waals surface area contributed by atoms with Crippen LogP contribution < -0.4 is 5.32 Å². The number of aromatic nitrogens is 2. The average molecular weight is 481 g/mol. The van der Waals surface area contributed by atoms with Crippen LogP contribution in [0.3, 0.4) is 0 Å². The maximum Gasteiger partial charge on any atom is 0.356 e. The number of anilines is 1. The number of carboxylic acid groups (broad SMARTS) is 1. The van der Waals surface area contributed by atoms with E-state index in [1.165, 1.54) is 6.07 Å². The van der Waals surface area contributed by atoms with E-state index in [2.05, 4.69) is 26.2 Å². The smallest absolute Gasteiger partial charge is 0.356 e. The molecule has 1 unspecified atom stereocenters. The predicted molar refractivity (Wildman–Crippen MR) is 115 cm³/mol. The minimum absolute atomic E-state index is 0.0495. The SMILES string of the molecule is Cc1cc(NC(c2ccc(Cl)cc2)c2c(C(=O)O)nc(Br)n2C(C)C)ccc1F. The quantitative estimate of drug-likeness (QED) is 0.439. The fourth-order valence-corrected chi connectivity index (χ4v) is 4.11. The lowest BCUT2D eigenvalue weighted by atomic mass is 10.0. The van der Waals surface area contributed by atoms with E-state index in [9.17, 15) is 14.3 Å². The Balaban J connectivity index is 2.21. The van der Waals surface area contributed by atoms with Gasteiger partial charge in [-0.3, -0.25) is 0 Å².